The standard InChI is InChI=1S/C14H17BrN4/c1-4-6-10-12(15)14(16-3)19-13(18-10)11-8-5-7-9(2)17-11/h5,7-8H,4,6H2,1-3H3,(H,16,18,19). The van der Waals surface area contributed by atoms with Crippen molar-refractivity contribution in [2.45, 2.75) is 26.7 Å². The van der Waals surface area contributed by atoms with Crippen molar-refractivity contribution in [3.8, 4) is 11.5 Å². The molecule has 2 heterocycles. The van der Waals surface area contributed by atoms with Gasteiger partial charge in [0.1, 0.15) is 11.5 Å². The smallest absolute Gasteiger partial charge is 0.180 e. The van der Waals surface area contributed by atoms with Gasteiger partial charge in [-0.05, 0) is 41.4 Å². The van der Waals surface area contributed by atoms with Crippen molar-refractivity contribution in [1.82, 2.24) is 15.0 Å². The fraction of sp³-hybridized carbons (Fsp3) is 0.357. The van der Waals surface area contributed by atoms with E-state index in [1.54, 1.807) is 0 Å². The minimum Gasteiger partial charge on any atom is -0.372 e. The average molecular weight is 321 g/mol. The first kappa shape index (κ1) is 13.9. The van der Waals surface area contributed by atoms with Crippen LogP contribution in [0.15, 0.2) is 22.7 Å². The first-order valence-corrected chi connectivity index (χ1v) is 7.13. The summed E-state index contributed by atoms with van der Waals surface area (Å²) in [6, 6.07) is 5.88. The van der Waals surface area contributed by atoms with Gasteiger partial charge in [0.05, 0.1) is 10.2 Å². The molecule has 0 aliphatic heterocycles. The second-order valence-electron chi connectivity index (χ2n) is 4.32. The summed E-state index contributed by atoms with van der Waals surface area (Å²) >= 11 is 3.56. The van der Waals surface area contributed by atoms with E-state index in [9.17, 15) is 0 Å². The molecule has 0 bridgehead atoms. The number of pyridine rings is 1. The second-order valence-corrected chi connectivity index (χ2v) is 5.11. The van der Waals surface area contributed by atoms with Crippen LogP contribution in [0.2, 0.25) is 0 Å². The SMILES string of the molecule is CCCc1nc(-c2cccc(C)n2)nc(NC)c1Br. The van der Waals surface area contributed by atoms with E-state index in [1.807, 2.05) is 32.2 Å². The molecule has 1 N–H and O–H groups in total. The Morgan fingerprint density at radius 3 is 2.63 bits per heavy atom. The zero-order valence-electron chi connectivity index (χ0n) is 11.4. The van der Waals surface area contributed by atoms with E-state index in [2.05, 4.69) is 43.1 Å². The lowest BCUT2D eigenvalue weighted by molar-refractivity contribution is 0.867. The Bertz CT molecular complexity index is 584. The number of anilines is 1. The largest absolute Gasteiger partial charge is 0.372 e. The fourth-order valence-electron chi connectivity index (χ4n) is 1.84. The van der Waals surface area contributed by atoms with E-state index in [0.717, 1.165) is 40.2 Å². The summed E-state index contributed by atoms with van der Waals surface area (Å²) in [4.78, 5) is 13.6. The molecule has 0 fully saturated rings. The number of hydrogen-bond acceptors (Lipinski definition) is 4. The molecule has 0 saturated heterocycles. The van der Waals surface area contributed by atoms with Crippen LogP contribution >= 0.6 is 15.9 Å². The second kappa shape index (κ2) is 6.10. The monoisotopic (exact) mass is 320 g/mol. The summed E-state index contributed by atoms with van der Waals surface area (Å²) in [5.74, 6) is 1.47. The van der Waals surface area contributed by atoms with Crippen LogP contribution in [0.25, 0.3) is 11.5 Å². The Kier molecular flexibility index (Phi) is 4.47. The number of halogens is 1. The first-order valence-electron chi connectivity index (χ1n) is 6.34. The molecule has 0 radical (unpaired) electrons. The van der Waals surface area contributed by atoms with Crippen molar-refractivity contribution in [1.29, 1.82) is 0 Å². The van der Waals surface area contributed by atoms with Crippen molar-refractivity contribution in [2.75, 3.05) is 12.4 Å². The molecule has 100 valence electrons. The lowest BCUT2D eigenvalue weighted by Crippen LogP contribution is -2.04. The molecular weight excluding hydrogens is 304 g/mol. The highest BCUT2D eigenvalue weighted by molar-refractivity contribution is 9.10. The summed E-state index contributed by atoms with van der Waals surface area (Å²) in [6.07, 6.45) is 1.95. The van der Waals surface area contributed by atoms with Gasteiger partial charge in [-0.1, -0.05) is 19.4 Å². The third-order valence-electron chi connectivity index (χ3n) is 2.76. The zero-order chi connectivity index (χ0) is 13.8. The van der Waals surface area contributed by atoms with E-state index in [0.29, 0.717) is 5.82 Å². The zero-order valence-corrected chi connectivity index (χ0v) is 13.0. The van der Waals surface area contributed by atoms with Gasteiger partial charge in [-0.3, -0.25) is 0 Å². The highest BCUT2D eigenvalue weighted by Crippen LogP contribution is 2.27. The molecule has 0 amide bonds. The summed E-state index contributed by atoms with van der Waals surface area (Å²) in [5.41, 5.74) is 2.79. The maximum Gasteiger partial charge on any atom is 0.180 e. The Hall–Kier alpha value is -1.49. The lowest BCUT2D eigenvalue weighted by Gasteiger charge is -2.10. The van der Waals surface area contributed by atoms with E-state index >= 15 is 0 Å². The Balaban J connectivity index is 2.54. The third-order valence-corrected chi connectivity index (χ3v) is 3.59. The number of hydrogen-bond donors (Lipinski definition) is 1. The molecular formula is C14H17BrN4. The molecule has 2 aromatic rings. The Morgan fingerprint density at radius 2 is 2.00 bits per heavy atom. The first-order chi connectivity index (χ1) is 9.15. The molecule has 2 aromatic heterocycles. The van der Waals surface area contributed by atoms with Gasteiger partial charge in [0.15, 0.2) is 5.82 Å². The van der Waals surface area contributed by atoms with Crippen molar-refractivity contribution < 1.29 is 0 Å². The number of aryl methyl sites for hydroxylation is 2. The Labute approximate surface area is 121 Å². The van der Waals surface area contributed by atoms with E-state index in [1.165, 1.54) is 0 Å². The molecule has 0 aliphatic rings. The average Bonchev–Trinajstić information content (AvgIpc) is 2.41. The van der Waals surface area contributed by atoms with Crippen molar-refractivity contribution >= 4 is 21.7 Å². The predicted molar refractivity (Wildman–Crippen MR) is 81.2 cm³/mol. The molecule has 4 nitrogen and oxygen atoms in total. The third kappa shape index (κ3) is 3.10. The number of aromatic nitrogens is 3. The van der Waals surface area contributed by atoms with Crippen molar-refractivity contribution in [3.63, 3.8) is 0 Å². The molecule has 2 rings (SSSR count). The highest BCUT2D eigenvalue weighted by Gasteiger charge is 2.12. The molecule has 0 atom stereocenters. The van der Waals surface area contributed by atoms with Gasteiger partial charge in [0.25, 0.3) is 0 Å². The normalized spacial score (nSPS) is 10.5. The molecule has 19 heavy (non-hydrogen) atoms. The number of rotatable bonds is 4. The van der Waals surface area contributed by atoms with Crippen LogP contribution in [0.1, 0.15) is 24.7 Å². The van der Waals surface area contributed by atoms with Crippen LogP contribution in [-0.4, -0.2) is 22.0 Å². The lowest BCUT2D eigenvalue weighted by atomic mass is 10.2. The molecule has 0 unspecified atom stereocenters. The number of nitrogens with one attached hydrogen (secondary N) is 1. The summed E-state index contributed by atoms with van der Waals surface area (Å²) < 4.78 is 0.938. The quantitative estimate of drug-likeness (QED) is 0.935. The van der Waals surface area contributed by atoms with Gasteiger partial charge < -0.3 is 5.32 Å². The summed E-state index contributed by atoms with van der Waals surface area (Å²) in [6.45, 7) is 4.10. The van der Waals surface area contributed by atoms with Gasteiger partial charge in [-0.15, -0.1) is 0 Å². The van der Waals surface area contributed by atoms with Crippen molar-refractivity contribution in [2.24, 2.45) is 0 Å². The van der Waals surface area contributed by atoms with Gasteiger partial charge in [-0.2, -0.15) is 0 Å². The van der Waals surface area contributed by atoms with Crippen LogP contribution < -0.4 is 5.32 Å². The molecule has 0 spiro atoms. The fourth-order valence-corrected chi connectivity index (χ4v) is 2.42. The molecule has 0 saturated carbocycles. The van der Waals surface area contributed by atoms with Crippen LogP contribution in [0.5, 0.6) is 0 Å². The maximum absolute atomic E-state index is 4.62. The maximum atomic E-state index is 4.62. The van der Waals surface area contributed by atoms with Crippen LogP contribution in [0.4, 0.5) is 5.82 Å². The molecule has 5 heteroatoms. The van der Waals surface area contributed by atoms with E-state index in [-0.39, 0.29) is 0 Å². The predicted octanol–water partition coefficient (Wildman–Crippen LogP) is 3.60. The van der Waals surface area contributed by atoms with E-state index in [4.69, 9.17) is 0 Å². The molecule has 0 aromatic carbocycles. The molecule has 0 aliphatic carbocycles. The van der Waals surface area contributed by atoms with Crippen LogP contribution in [0.3, 0.4) is 0 Å². The van der Waals surface area contributed by atoms with Gasteiger partial charge in [0.2, 0.25) is 0 Å². The van der Waals surface area contributed by atoms with Gasteiger partial charge in [-0.25, -0.2) is 15.0 Å². The van der Waals surface area contributed by atoms with Crippen LogP contribution in [-0.2, 0) is 6.42 Å². The summed E-state index contributed by atoms with van der Waals surface area (Å²) in [5, 5.41) is 3.09. The van der Waals surface area contributed by atoms with Gasteiger partial charge >= 0.3 is 0 Å². The van der Waals surface area contributed by atoms with E-state index < -0.39 is 0 Å². The minimum absolute atomic E-state index is 0.666. The highest BCUT2D eigenvalue weighted by atomic mass is 79.9. The topological polar surface area (TPSA) is 50.7 Å². The number of nitrogens with zero attached hydrogens (tertiary/aromatic N) is 3. The minimum atomic E-state index is 0.666. The van der Waals surface area contributed by atoms with Crippen LogP contribution in [0, 0.1) is 6.92 Å². The summed E-state index contributed by atoms with van der Waals surface area (Å²) in [7, 11) is 1.86. The van der Waals surface area contributed by atoms with Gasteiger partial charge in [0, 0.05) is 12.7 Å². The Morgan fingerprint density at radius 1 is 1.21 bits per heavy atom. The van der Waals surface area contributed by atoms with Crippen molar-refractivity contribution in [3.05, 3.63) is 34.1 Å².